The lowest BCUT2D eigenvalue weighted by atomic mass is 9.92. The van der Waals surface area contributed by atoms with Crippen LogP contribution in [0.2, 0.25) is 0 Å². The molecule has 32 heavy (non-hydrogen) atoms. The molecular formula is C23H31FN4O3S. The highest BCUT2D eigenvalue weighted by Gasteiger charge is 2.26. The Balaban J connectivity index is 1.22. The van der Waals surface area contributed by atoms with Crippen LogP contribution in [0.4, 0.5) is 10.1 Å². The second-order valence-corrected chi connectivity index (χ2v) is 10.1. The van der Waals surface area contributed by atoms with Crippen molar-refractivity contribution in [3.63, 3.8) is 0 Å². The van der Waals surface area contributed by atoms with Gasteiger partial charge in [0.1, 0.15) is 5.82 Å². The highest BCUT2D eigenvalue weighted by molar-refractivity contribution is 7.89. The van der Waals surface area contributed by atoms with Gasteiger partial charge in [-0.05, 0) is 68.5 Å². The Kier molecular flexibility index (Phi) is 7.72. The maximum atomic E-state index is 13.0. The number of aromatic nitrogens is 1. The van der Waals surface area contributed by atoms with E-state index in [1.165, 1.54) is 12.1 Å². The van der Waals surface area contributed by atoms with Crippen molar-refractivity contribution in [1.82, 2.24) is 15.0 Å². The summed E-state index contributed by atoms with van der Waals surface area (Å²) in [6.07, 6.45) is 5.89. The number of halogens is 1. The molecule has 2 N–H and O–H groups in total. The monoisotopic (exact) mass is 462 g/mol. The molecule has 2 fully saturated rings. The molecule has 0 bridgehead atoms. The standard InChI is InChI=1S/C23H31FN4O3S/c24-19-3-1-18(2-4-19)11-12-25-20-5-7-21(8-6-20)27-32(29,30)23-10-9-22(17-26-23)28-13-15-31-16-14-28/h1-4,9-10,17,20-21,25,27H,5-8,11-16H2. The molecule has 2 aromatic rings. The van der Waals surface area contributed by atoms with Crippen LogP contribution < -0.4 is 14.9 Å². The number of hydrogen-bond donors (Lipinski definition) is 2. The molecular weight excluding hydrogens is 431 g/mol. The van der Waals surface area contributed by atoms with Gasteiger partial charge in [-0.1, -0.05) is 12.1 Å². The van der Waals surface area contributed by atoms with Crippen molar-refractivity contribution in [3.05, 3.63) is 54.0 Å². The van der Waals surface area contributed by atoms with Crippen molar-refractivity contribution in [2.45, 2.75) is 49.2 Å². The summed E-state index contributed by atoms with van der Waals surface area (Å²) in [5.74, 6) is -0.217. The van der Waals surface area contributed by atoms with Crippen molar-refractivity contribution in [3.8, 4) is 0 Å². The zero-order valence-corrected chi connectivity index (χ0v) is 19.0. The molecule has 0 amide bonds. The predicted molar refractivity (Wildman–Crippen MR) is 122 cm³/mol. The minimum atomic E-state index is -3.64. The van der Waals surface area contributed by atoms with Crippen LogP contribution in [0.1, 0.15) is 31.2 Å². The van der Waals surface area contributed by atoms with Gasteiger partial charge in [0.2, 0.25) is 0 Å². The molecule has 1 aromatic carbocycles. The third-order valence-corrected chi connectivity index (χ3v) is 7.62. The van der Waals surface area contributed by atoms with Crippen molar-refractivity contribution >= 4 is 15.7 Å². The van der Waals surface area contributed by atoms with E-state index in [0.29, 0.717) is 19.3 Å². The highest BCUT2D eigenvalue weighted by Crippen LogP contribution is 2.22. The van der Waals surface area contributed by atoms with Gasteiger partial charge in [-0.15, -0.1) is 0 Å². The zero-order valence-electron chi connectivity index (χ0n) is 18.2. The Morgan fingerprint density at radius 1 is 1.00 bits per heavy atom. The summed E-state index contributed by atoms with van der Waals surface area (Å²) < 4.78 is 46.7. The Labute approximate surface area is 189 Å². The largest absolute Gasteiger partial charge is 0.378 e. The van der Waals surface area contributed by atoms with Crippen LogP contribution in [-0.2, 0) is 21.2 Å². The molecule has 9 heteroatoms. The fourth-order valence-electron chi connectivity index (χ4n) is 4.31. The summed E-state index contributed by atoms with van der Waals surface area (Å²) in [6, 6.07) is 10.3. The van der Waals surface area contributed by atoms with Crippen LogP contribution in [-0.4, -0.2) is 58.3 Å². The van der Waals surface area contributed by atoms with Crippen molar-refractivity contribution in [2.75, 3.05) is 37.7 Å². The predicted octanol–water partition coefficient (Wildman–Crippen LogP) is 2.48. The zero-order chi connectivity index (χ0) is 22.4. The summed E-state index contributed by atoms with van der Waals surface area (Å²) in [5, 5.41) is 3.60. The summed E-state index contributed by atoms with van der Waals surface area (Å²) in [4.78, 5) is 6.36. The normalized spacial score (nSPS) is 22.1. The molecule has 1 saturated heterocycles. The average molecular weight is 463 g/mol. The smallest absolute Gasteiger partial charge is 0.258 e. The highest BCUT2D eigenvalue weighted by atomic mass is 32.2. The summed E-state index contributed by atoms with van der Waals surface area (Å²) in [7, 11) is -3.64. The van der Waals surface area contributed by atoms with E-state index in [4.69, 9.17) is 4.74 Å². The minimum absolute atomic E-state index is 0.0639. The maximum Gasteiger partial charge on any atom is 0.258 e. The van der Waals surface area contributed by atoms with E-state index >= 15 is 0 Å². The van der Waals surface area contributed by atoms with E-state index in [2.05, 4.69) is 19.9 Å². The average Bonchev–Trinajstić information content (AvgIpc) is 2.82. The molecule has 4 rings (SSSR count). The number of rotatable bonds is 8. The fourth-order valence-corrected chi connectivity index (χ4v) is 5.54. The van der Waals surface area contributed by atoms with Crippen molar-refractivity contribution in [1.29, 1.82) is 0 Å². The lowest BCUT2D eigenvalue weighted by molar-refractivity contribution is 0.122. The molecule has 1 saturated carbocycles. The van der Waals surface area contributed by atoms with E-state index in [1.54, 1.807) is 12.3 Å². The Bertz CT molecular complexity index is 956. The van der Waals surface area contributed by atoms with E-state index in [1.807, 2.05) is 18.2 Å². The minimum Gasteiger partial charge on any atom is -0.378 e. The quantitative estimate of drug-likeness (QED) is 0.627. The van der Waals surface area contributed by atoms with Gasteiger partial charge >= 0.3 is 0 Å². The van der Waals surface area contributed by atoms with Gasteiger partial charge in [0.25, 0.3) is 10.0 Å². The number of morpholine rings is 1. The van der Waals surface area contributed by atoms with E-state index in [0.717, 1.165) is 63.0 Å². The molecule has 0 unspecified atom stereocenters. The van der Waals surface area contributed by atoms with Crippen molar-refractivity contribution < 1.29 is 17.5 Å². The van der Waals surface area contributed by atoms with E-state index in [9.17, 15) is 12.8 Å². The summed E-state index contributed by atoms with van der Waals surface area (Å²) in [5.41, 5.74) is 2.02. The molecule has 0 spiro atoms. The van der Waals surface area contributed by atoms with Gasteiger partial charge in [-0.3, -0.25) is 0 Å². The SMILES string of the molecule is O=S(=O)(NC1CCC(NCCc2ccc(F)cc2)CC1)c1ccc(N2CCOCC2)cn1. The first-order chi connectivity index (χ1) is 15.5. The van der Waals surface area contributed by atoms with Crippen LogP contribution in [0.3, 0.4) is 0 Å². The number of pyridine rings is 1. The first-order valence-corrected chi connectivity index (χ1v) is 12.8. The first-order valence-electron chi connectivity index (χ1n) is 11.3. The second kappa shape index (κ2) is 10.7. The summed E-state index contributed by atoms with van der Waals surface area (Å²) in [6.45, 7) is 3.74. The van der Waals surface area contributed by atoms with Gasteiger partial charge in [0.05, 0.1) is 25.1 Å². The van der Waals surface area contributed by atoms with Crippen LogP contribution in [0.15, 0.2) is 47.6 Å². The third-order valence-electron chi connectivity index (χ3n) is 6.18. The number of benzene rings is 1. The Morgan fingerprint density at radius 3 is 2.34 bits per heavy atom. The Hall–Kier alpha value is -2.07. The fraction of sp³-hybridized carbons (Fsp3) is 0.522. The molecule has 7 nitrogen and oxygen atoms in total. The Morgan fingerprint density at radius 2 is 1.69 bits per heavy atom. The van der Waals surface area contributed by atoms with Gasteiger partial charge in [0.15, 0.2) is 5.03 Å². The van der Waals surface area contributed by atoms with Crippen LogP contribution in [0.5, 0.6) is 0 Å². The molecule has 1 aliphatic heterocycles. The third kappa shape index (κ3) is 6.25. The first kappa shape index (κ1) is 23.1. The summed E-state index contributed by atoms with van der Waals surface area (Å²) >= 11 is 0. The maximum absolute atomic E-state index is 13.0. The molecule has 174 valence electrons. The van der Waals surface area contributed by atoms with Gasteiger partial charge in [-0.25, -0.2) is 22.5 Å². The van der Waals surface area contributed by atoms with E-state index < -0.39 is 10.0 Å². The van der Waals surface area contributed by atoms with E-state index in [-0.39, 0.29) is 16.9 Å². The number of sulfonamides is 1. The molecule has 1 aromatic heterocycles. The lowest BCUT2D eigenvalue weighted by Crippen LogP contribution is -2.42. The number of nitrogens with zero attached hydrogens (tertiary/aromatic N) is 2. The number of ether oxygens (including phenoxy) is 1. The number of hydrogen-bond acceptors (Lipinski definition) is 6. The van der Waals surface area contributed by atoms with Gasteiger partial charge in [0, 0.05) is 25.2 Å². The number of anilines is 1. The van der Waals surface area contributed by atoms with Gasteiger partial charge < -0.3 is 15.0 Å². The topological polar surface area (TPSA) is 83.6 Å². The molecule has 0 atom stereocenters. The van der Waals surface area contributed by atoms with Crippen LogP contribution in [0.25, 0.3) is 0 Å². The number of nitrogens with one attached hydrogen (secondary N) is 2. The van der Waals surface area contributed by atoms with Crippen LogP contribution in [0, 0.1) is 5.82 Å². The lowest BCUT2D eigenvalue weighted by Gasteiger charge is -2.30. The molecule has 2 aliphatic rings. The van der Waals surface area contributed by atoms with Gasteiger partial charge in [-0.2, -0.15) is 0 Å². The molecule has 2 heterocycles. The van der Waals surface area contributed by atoms with Crippen LogP contribution >= 0.6 is 0 Å². The van der Waals surface area contributed by atoms with Crippen molar-refractivity contribution in [2.24, 2.45) is 0 Å². The second-order valence-electron chi connectivity index (χ2n) is 8.45. The molecule has 0 radical (unpaired) electrons. The molecule has 1 aliphatic carbocycles.